The van der Waals surface area contributed by atoms with E-state index in [0.29, 0.717) is 5.92 Å². The van der Waals surface area contributed by atoms with Crippen molar-refractivity contribution in [3.8, 4) is 0 Å². The smallest absolute Gasteiger partial charge is 0.247 e. The van der Waals surface area contributed by atoms with Gasteiger partial charge < -0.3 is 5.32 Å². The van der Waals surface area contributed by atoms with Crippen molar-refractivity contribution in [2.75, 3.05) is 0 Å². The summed E-state index contributed by atoms with van der Waals surface area (Å²) in [5.41, 5.74) is 0.624. The predicted molar refractivity (Wildman–Crippen MR) is 63.6 cm³/mol. The van der Waals surface area contributed by atoms with Gasteiger partial charge in [0.25, 0.3) is 0 Å². The molecule has 0 radical (unpaired) electrons. The molecule has 0 unspecified atom stereocenters. The SMILES string of the molecule is C=C(C(=O)NC(C)(C)C)C1CCCCC1. The maximum atomic E-state index is 11.8. The molecule has 1 aliphatic carbocycles. The number of amides is 1. The summed E-state index contributed by atoms with van der Waals surface area (Å²) >= 11 is 0. The zero-order valence-corrected chi connectivity index (χ0v) is 10.2. The second-order valence-electron chi connectivity index (χ2n) is 5.56. The minimum Gasteiger partial charge on any atom is -0.348 e. The molecule has 1 rings (SSSR count). The second-order valence-corrected chi connectivity index (χ2v) is 5.56. The Bertz CT molecular complexity index is 244. The Balaban J connectivity index is 2.48. The Morgan fingerprint density at radius 3 is 2.20 bits per heavy atom. The predicted octanol–water partition coefficient (Wildman–Crippen LogP) is 3.04. The fourth-order valence-electron chi connectivity index (χ4n) is 2.06. The lowest BCUT2D eigenvalue weighted by molar-refractivity contribution is -0.119. The van der Waals surface area contributed by atoms with E-state index in [4.69, 9.17) is 0 Å². The van der Waals surface area contributed by atoms with Crippen LogP contribution in [0.15, 0.2) is 12.2 Å². The normalized spacial score (nSPS) is 18.6. The molecule has 0 saturated heterocycles. The van der Waals surface area contributed by atoms with Gasteiger partial charge in [0.15, 0.2) is 0 Å². The lowest BCUT2D eigenvalue weighted by Gasteiger charge is -2.26. The molecule has 1 aliphatic rings. The Labute approximate surface area is 93.1 Å². The first-order valence-electron chi connectivity index (χ1n) is 5.91. The van der Waals surface area contributed by atoms with Gasteiger partial charge in [0.1, 0.15) is 0 Å². The minimum absolute atomic E-state index is 0.0365. The van der Waals surface area contributed by atoms with Gasteiger partial charge in [0.2, 0.25) is 5.91 Å². The molecule has 2 nitrogen and oxygen atoms in total. The van der Waals surface area contributed by atoms with Crippen LogP contribution in [0.4, 0.5) is 0 Å². The van der Waals surface area contributed by atoms with E-state index in [2.05, 4.69) is 11.9 Å². The summed E-state index contributed by atoms with van der Waals surface area (Å²) in [6.45, 7) is 9.95. The Morgan fingerprint density at radius 1 is 1.20 bits per heavy atom. The van der Waals surface area contributed by atoms with Gasteiger partial charge in [0.05, 0.1) is 0 Å². The van der Waals surface area contributed by atoms with Gasteiger partial charge in [-0.05, 0) is 39.5 Å². The first-order valence-corrected chi connectivity index (χ1v) is 5.91. The molecule has 1 fully saturated rings. The molecule has 0 aromatic carbocycles. The van der Waals surface area contributed by atoms with E-state index in [-0.39, 0.29) is 11.4 Å². The largest absolute Gasteiger partial charge is 0.348 e. The molecule has 0 aromatic rings. The quantitative estimate of drug-likeness (QED) is 0.696. The van der Waals surface area contributed by atoms with Crippen molar-refractivity contribution < 1.29 is 4.79 Å². The van der Waals surface area contributed by atoms with Crippen LogP contribution < -0.4 is 5.32 Å². The van der Waals surface area contributed by atoms with Crippen LogP contribution in [0, 0.1) is 5.92 Å². The summed E-state index contributed by atoms with van der Waals surface area (Å²) < 4.78 is 0. The van der Waals surface area contributed by atoms with Crippen LogP contribution in [-0.2, 0) is 4.79 Å². The summed E-state index contributed by atoms with van der Waals surface area (Å²) in [5.74, 6) is 0.454. The van der Waals surface area contributed by atoms with Crippen molar-refractivity contribution in [3.05, 3.63) is 12.2 Å². The highest BCUT2D eigenvalue weighted by Gasteiger charge is 2.23. The van der Waals surface area contributed by atoms with Crippen LogP contribution in [0.5, 0.6) is 0 Å². The van der Waals surface area contributed by atoms with Crippen molar-refractivity contribution in [1.29, 1.82) is 0 Å². The molecule has 1 saturated carbocycles. The van der Waals surface area contributed by atoms with E-state index in [1.54, 1.807) is 0 Å². The number of nitrogens with one attached hydrogen (secondary N) is 1. The van der Waals surface area contributed by atoms with E-state index in [0.717, 1.165) is 18.4 Å². The fourth-order valence-corrected chi connectivity index (χ4v) is 2.06. The van der Waals surface area contributed by atoms with Gasteiger partial charge in [0, 0.05) is 11.1 Å². The molecule has 0 aliphatic heterocycles. The zero-order chi connectivity index (χ0) is 11.5. The third-order valence-corrected chi connectivity index (χ3v) is 2.88. The van der Waals surface area contributed by atoms with Crippen molar-refractivity contribution in [2.24, 2.45) is 5.92 Å². The molecule has 0 heterocycles. The fraction of sp³-hybridized carbons (Fsp3) is 0.769. The Morgan fingerprint density at radius 2 is 1.73 bits per heavy atom. The summed E-state index contributed by atoms with van der Waals surface area (Å²) in [4.78, 5) is 11.8. The molecule has 0 aromatic heterocycles. The number of hydrogen-bond donors (Lipinski definition) is 1. The number of hydrogen-bond acceptors (Lipinski definition) is 1. The summed E-state index contributed by atoms with van der Waals surface area (Å²) in [6, 6.07) is 0. The summed E-state index contributed by atoms with van der Waals surface area (Å²) in [6.07, 6.45) is 6.07. The monoisotopic (exact) mass is 209 g/mol. The van der Waals surface area contributed by atoms with E-state index < -0.39 is 0 Å². The van der Waals surface area contributed by atoms with Crippen LogP contribution in [0.3, 0.4) is 0 Å². The van der Waals surface area contributed by atoms with Crippen molar-refractivity contribution >= 4 is 5.91 Å². The molecule has 1 N–H and O–H groups in total. The lowest BCUT2D eigenvalue weighted by Crippen LogP contribution is -2.42. The number of carbonyl (C=O) groups is 1. The maximum absolute atomic E-state index is 11.8. The highest BCUT2D eigenvalue weighted by Crippen LogP contribution is 2.29. The van der Waals surface area contributed by atoms with E-state index in [1.807, 2.05) is 20.8 Å². The van der Waals surface area contributed by atoms with Crippen LogP contribution in [-0.4, -0.2) is 11.4 Å². The molecule has 15 heavy (non-hydrogen) atoms. The van der Waals surface area contributed by atoms with Gasteiger partial charge >= 0.3 is 0 Å². The highest BCUT2D eigenvalue weighted by atomic mass is 16.1. The van der Waals surface area contributed by atoms with Gasteiger partial charge in [-0.2, -0.15) is 0 Å². The van der Waals surface area contributed by atoms with E-state index in [1.165, 1.54) is 19.3 Å². The van der Waals surface area contributed by atoms with E-state index >= 15 is 0 Å². The third kappa shape index (κ3) is 4.06. The van der Waals surface area contributed by atoms with Gasteiger partial charge in [-0.1, -0.05) is 25.8 Å². The lowest BCUT2D eigenvalue weighted by atomic mass is 9.84. The maximum Gasteiger partial charge on any atom is 0.247 e. The third-order valence-electron chi connectivity index (χ3n) is 2.88. The first-order chi connectivity index (χ1) is 6.90. The van der Waals surface area contributed by atoms with Crippen LogP contribution in [0.25, 0.3) is 0 Å². The average molecular weight is 209 g/mol. The van der Waals surface area contributed by atoms with Crippen LogP contribution in [0.2, 0.25) is 0 Å². The van der Waals surface area contributed by atoms with Crippen LogP contribution >= 0.6 is 0 Å². The van der Waals surface area contributed by atoms with Crippen molar-refractivity contribution in [2.45, 2.75) is 58.4 Å². The minimum atomic E-state index is -0.158. The summed E-state index contributed by atoms with van der Waals surface area (Å²) in [7, 11) is 0. The molecule has 1 amide bonds. The van der Waals surface area contributed by atoms with Crippen LogP contribution in [0.1, 0.15) is 52.9 Å². The molecule has 86 valence electrons. The number of rotatable bonds is 2. The molecule has 2 heteroatoms. The highest BCUT2D eigenvalue weighted by molar-refractivity contribution is 5.93. The number of carbonyl (C=O) groups excluding carboxylic acids is 1. The second kappa shape index (κ2) is 4.82. The average Bonchev–Trinajstić information content (AvgIpc) is 2.15. The van der Waals surface area contributed by atoms with Crippen molar-refractivity contribution in [3.63, 3.8) is 0 Å². The molecular formula is C13H23NO. The zero-order valence-electron chi connectivity index (χ0n) is 10.2. The topological polar surface area (TPSA) is 29.1 Å². The molecule has 0 atom stereocenters. The van der Waals surface area contributed by atoms with Gasteiger partial charge in [-0.25, -0.2) is 0 Å². The van der Waals surface area contributed by atoms with Gasteiger partial charge in [-0.3, -0.25) is 4.79 Å². The molecule has 0 bridgehead atoms. The molecule has 0 spiro atoms. The Kier molecular flexibility index (Phi) is 3.95. The van der Waals surface area contributed by atoms with E-state index in [9.17, 15) is 4.79 Å². The first kappa shape index (κ1) is 12.3. The van der Waals surface area contributed by atoms with Crippen molar-refractivity contribution in [1.82, 2.24) is 5.32 Å². The standard InChI is InChI=1S/C13H23NO/c1-10(11-8-6-5-7-9-11)12(15)14-13(2,3)4/h11H,1,5-9H2,2-4H3,(H,14,15). The summed E-state index contributed by atoms with van der Waals surface area (Å²) in [5, 5.41) is 2.98. The Hall–Kier alpha value is -0.790. The van der Waals surface area contributed by atoms with Gasteiger partial charge in [-0.15, -0.1) is 0 Å². The molecular weight excluding hydrogens is 186 g/mol.